The van der Waals surface area contributed by atoms with E-state index < -0.39 is 0 Å². The maximum absolute atomic E-state index is 6.21. The summed E-state index contributed by atoms with van der Waals surface area (Å²) in [6, 6.07) is 7.66. The molecule has 1 saturated heterocycles. The van der Waals surface area contributed by atoms with E-state index in [-0.39, 0.29) is 5.92 Å². The fourth-order valence-corrected chi connectivity index (χ4v) is 4.18. The Hall–Kier alpha value is -2.48. The van der Waals surface area contributed by atoms with Crippen molar-refractivity contribution in [2.24, 2.45) is 0 Å². The fourth-order valence-electron chi connectivity index (χ4n) is 3.22. The Kier molecular flexibility index (Phi) is 7.17. The van der Waals surface area contributed by atoms with Crippen LogP contribution in [0.4, 0.5) is 0 Å². The number of aromatic nitrogens is 3. The molecule has 1 fully saturated rings. The number of nitrogens with one attached hydrogen (secondary N) is 1. The first-order valence-corrected chi connectivity index (χ1v) is 11.3. The van der Waals surface area contributed by atoms with Gasteiger partial charge < -0.3 is 13.9 Å². The Balaban J connectivity index is 1.56. The van der Waals surface area contributed by atoms with Crippen molar-refractivity contribution >= 4 is 36.0 Å². The first-order valence-electron chi connectivity index (χ1n) is 10.1. The zero-order chi connectivity index (χ0) is 21.6. The van der Waals surface area contributed by atoms with Gasteiger partial charge in [0.1, 0.15) is 18.1 Å². The number of H-pyrrole nitrogens is 1. The van der Waals surface area contributed by atoms with Crippen LogP contribution < -0.4 is 10.6 Å². The topological polar surface area (TPSA) is 73.2 Å². The van der Waals surface area contributed by atoms with Crippen LogP contribution in [-0.4, -0.2) is 28.4 Å². The smallest absolute Gasteiger partial charge is 0.199 e. The Bertz CT molecular complexity index is 1150. The maximum atomic E-state index is 6.21. The number of hydrogen-bond acceptors (Lipinski definition) is 6. The Morgan fingerprint density at radius 3 is 2.77 bits per heavy atom. The van der Waals surface area contributed by atoms with E-state index in [4.69, 9.17) is 30.5 Å². The lowest BCUT2D eigenvalue weighted by molar-refractivity contribution is 0.0786. The molecule has 162 valence electrons. The predicted molar refractivity (Wildman–Crippen MR) is 121 cm³/mol. The number of aromatic amines is 1. The molecule has 1 aliphatic heterocycles. The maximum Gasteiger partial charge on any atom is 0.199 e. The first kappa shape index (κ1) is 21.7. The summed E-state index contributed by atoms with van der Waals surface area (Å²) in [6.07, 6.45) is 7.34. The minimum Gasteiger partial charge on any atom is -0.487 e. The fraction of sp³-hybridized carbons (Fsp3) is 0.304. The van der Waals surface area contributed by atoms with Crippen LogP contribution in [0.2, 0.25) is 5.02 Å². The van der Waals surface area contributed by atoms with Gasteiger partial charge in [-0.25, -0.2) is 4.98 Å². The number of nitrogens with zero attached hydrogens (tertiary/aromatic N) is 2. The molecule has 0 atom stereocenters. The van der Waals surface area contributed by atoms with Crippen molar-refractivity contribution < 1.29 is 13.9 Å². The van der Waals surface area contributed by atoms with Crippen LogP contribution >= 0.6 is 23.4 Å². The summed E-state index contributed by atoms with van der Waals surface area (Å²) in [7, 11) is 0. The van der Waals surface area contributed by atoms with E-state index in [0.717, 1.165) is 58.2 Å². The zero-order valence-electron chi connectivity index (χ0n) is 17.3. The van der Waals surface area contributed by atoms with E-state index in [1.54, 1.807) is 6.20 Å². The van der Waals surface area contributed by atoms with Gasteiger partial charge in [0, 0.05) is 34.3 Å². The molecule has 4 rings (SSSR count). The minimum atomic E-state index is 0.263. The van der Waals surface area contributed by atoms with Gasteiger partial charge in [0.2, 0.25) is 0 Å². The third-order valence-electron chi connectivity index (χ3n) is 4.98. The molecular formula is C23H24ClN3O3S. The molecular weight excluding hydrogens is 434 g/mol. The quantitative estimate of drug-likeness (QED) is 0.530. The number of hydrogen-bond donors (Lipinski definition) is 1. The predicted octanol–water partition coefficient (Wildman–Crippen LogP) is 4.41. The van der Waals surface area contributed by atoms with Gasteiger partial charge in [-0.05, 0) is 67.9 Å². The van der Waals surface area contributed by atoms with Crippen molar-refractivity contribution in [3.05, 3.63) is 69.5 Å². The van der Waals surface area contributed by atoms with Crippen LogP contribution in [-0.2, 0) is 16.1 Å². The number of allylic oxidation sites excluding steroid dienone is 2. The first-order chi connectivity index (χ1) is 15.1. The van der Waals surface area contributed by atoms with Crippen molar-refractivity contribution in [1.82, 2.24) is 15.2 Å². The van der Waals surface area contributed by atoms with Gasteiger partial charge in [0.05, 0.1) is 11.5 Å². The highest BCUT2D eigenvalue weighted by Crippen LogP contribution is 2.36. The van der Waals surface area contributed by atoms with E-state index in [9.17, 15) is 0 Å². The third-order valence-corrected chi connectivity index (χ3v) is 6.25. The largest absolute Gasteiger partial charge is 0.487 e. The number of benzene rings is 1. The lowest BCUT2D eigenvalue weighted by atomic mass is 10.0. The third kappa shape index (κ3) is 5.61. The second-order valence-corrected chi connectivity index (χ2v) is 8.64. The van der Waals surface area contributed by atoms with Crippen LogP contribution in [0.15, 0.2) is 56.7 Å². The molecule has 0 aliphatic carbocycles. The molecule has 8 heteroatoms. The Labute approximate surface area is 190 Å². The summed E-state index contributed by atoms with van der Waals surface area (Å²) < 4.78 is 17.7. The van der Waals surface area contributed by atoms with Crippen LogP contribution in [0, 0.1) is 0 Å². The van der Waals surface area contributed by atoms with Gasteiger partial charge >= 0.3 is 0 Å². The molecule has 0 bridgehead atoms. The summed E-state index contributed by atoms with van der Waals surface area (Å²) in [5.74, 6) is 1.73. The summed E-state index contributed by atoms with van der Waals surface area (Å²) in [6.45, 7) is 7.61. The van der Waals surface area contributed by atoms with Crippen LogP contribution in [0.3, 0.4) is 0 Å². The van der Waals surface area contributed by atoms with Gasteiger partial charge in [0.25, 0.3) is 0 Å². The molecule has 1 N–H and O–H groups in total. The van der Waals surface area contributed by atoms with Crippen LogP contribution in [0.5, 0.6) is 0 Å². The average molecular weight is 458 g/mol. The average Bonchev–Trinajstić information content (AvgIpc) is 3.39. The van der Waals surface area contributed by atoms with Crippen molar-refractivity contribution in [3.8, 4) is 0 Å². The molecule has 0 unspecified atom stereocenters. The van der Waals surface area contributed by atoms with Gasteiger partial charge in [-0.15, -0.1) is 0 Å². The highest BCUT2D eigenvalue weighted by molar-refractivity contribution is 7.99. The van der Waals surface area contributed by atoms with E-state index in [1.807, 2.05) is 43.3 Å². The molecule has 6 nitrogen and oxygen atoms in total. The lowest BCUT2D eigenvalue weighted by Crippen LogP contribution is -2.20. The molecule has 0 saturated carbocycles. The number of rotatable bonds is 7. The van der Waals surface area contributed by atoms with Crippen LogP contribution in [0.25, 0.3) is 12.7 Å². The Morgan fingerprint density at radius 1 is 1.32 bits per heavy atom. The molecule has 1 aromatic carbocycles. The molecule has 0 spiro atoms. The summed E-state index contributed by atoms with van der Waals surface area (Å²) in [5, 5.41) is 9.88. The Morgan fingerprint density at radius 2 is 2.10 bits per heavy atom. The molecule has 3 heterocycles. The molecule has 0 amide bonds. The number of ether oxygens (including phenoxy) is 2. The van der Waals surface area contributed by atoms with Gasteiger partial charge in [0.15, 0.2) is 11.0 Å². The molecule has 31 heavy (non-hydrogen) atoms. The standard InChI is InChI=1S/C23H24ClN3O3S/c1-3-19(12-17-13-25-27-15(17)2)29-14-21-23(31-20-6-4-18(24)5-7-20)30-22(26-21)16-8-10-28-11-9-16/h3-7,12-13,16,27H,2,8-11,14H2,1H3. The summed E-state index contributed by atoms with van der Waals surface area (Å²) in [5.41, 5.74) is 0.774. The highest BCUT2D eigenvalue weighted by atomic mass is 35.5. The van der Waals surface area contributed by atoms with Gasteiger partial charge in [-0.3, -0.25) is 5.10 Å². The van der Waals surface area contributed by atoms with Crippen molar-refractivity contribution in [1.29, 1.82) is 0 Å². The van der Waals surface area contributed by atoms with E-state index in [1.165, 1.54) is 11.8 Å². The van der Waals surface area contributed by atoms with Crippen molar-refractivity contribution in [2.45, 2.75) is 42.3 Å². The summed E-state index contributed by atoms with van der Waals surface area (Å²) >= 11 is 7.54. The van der Waals surface area contributed by atoms with Crippen molar-refractivity contribution in [3.63, 3.8) is 0 Å². The molecule has 3 aromatic rings. The second kappa shape index (κ2) is 10.2. The van der Waals surface area contributed by atoms with Crippen molar-refractivity contribution in [2.75, 3.05) is 13.2 Å². The number of halogens is 1. The zero-order valence-corrected chi connectivity index (χ0v) is 18.8. The number of oxazole rings is 1. The summed E-state index contributed by atoms with van der Waals surface area (Å²) in [4.78, 5) is 5.83. The molecule has 2 aromatic heterocycles. The second-order valence-electron chi connectivity index (χ2n) is 7.16. The van der Waals surface area contributed by atoms with E-state index >= 15 is 0 Å². The SMILES string of the molecule is C=c1[nH]ncc1=CC(=CC)OCc1nc(C2CCOCC2)oc1Sc1ccc(Cl)cc1. The van der Waals surface area contributed by atoms with E-state index in [0.29, 0.717) is 17.4 Å². The van der Waals surface area contributed by atoms with E-state index in [2.05, 4.69) is 16.8 Å². The normalized spacial score (nSPS) is 16.1. The molecule has 0 radical (unpaired) electrons. The van der Waals surface area contributed by atoms with Crippen LogP contribution in [0.1, 0.15) is 37.3 Å². The minimum absolute atomic E-state index is 0.263. The van der Waals surface area contributed by atoms with Gasteiger partial charge in [-0.2, -0.15) is 5.10 Å². The van der Waals surface area contributed by atoms with Gasteiger partial charge in [-0.1, -0.05) is 18.2 Å². The molecule has 1 aliphatic rings. The monoisotopic (exact) mass is 457 g/mol. The highest BCUT2D eigenvalue weighted by Gasteiger charge is 2.24. The lowest BCUT2D eigenvalue weighted by Gasteiger charge is -2.18.